The lowest BCUT2D eigenvalue weighted by atomic mass is 10.0. The molecule has 2 rings (SSSR count). The van der Waals surface area contributed by atoms with E-state index in [2.05, 4.69) is 5.32 Å². The van der Waals surface area contributed by atoms with Gasteiger partial charge < -0.3 is 15.8 Å². The van der Waals surface area contributed by atoms with E-state index in [1.54, 1.807) is 0 Å². The lowest BCUT2D eigenvalue weighted by Crippen LogP contribution is -2.42. The highest BCUT2D eigenvalue weighted by Gasteiger charge is 2.32. The van der Waals surface area contributed by atoms with Gasteiger partial charge in [0.15, 0.2) is 0 Å². The Kier molecular flexibility index (Phi) is 4.39. The van der Waals surface area contributed by atoms with E-state index in [9.17, 15) is 9.59 Å². The van der Waals surface area contributed by atoms with E-state index in [1.807, 2.05) is 30.3 Å². The van der Waals surface area contributed by atoms with Crippen molar-refractivity contribution < 1.29 is 14.3 Å². The Morgan fingerprint density at radius 2 is 2.00 bits per heavy atom. The van der Waals surface area contributed by atoms with Gasteiger partial charge in [-0.2, -0.15) is 0 Å². The van der Waals surface area contributed by atoms with Gasteiger partial charge in [-0.25, -0.2) is 4.79 Å². The molecule has 0 unspecified atom stereocenters. The molecule has 0 aliphatic heterocycles. The molecule has 0 bridgehead atoms. The number of hydrogen-bond donors (Lipinski definition) is 2. The summed E-state index contributed by atoms with van der Waals surface area (Å²) in [6.07, 6.45) is 1.91. The SMILES string of the molecule is NC(=O)[C@@H]1CCC[C@@H]1NC(=O)OCc1ccccc1. The third kappa shape index (κ3) is 3.71. The maximum absolute atomic E-state index is 11.7. The van der Waals surface area contributed by atoms with Crippen molar-refractivity contribution in [2.45, 2.75) is 31.9 Å². The van der Waals surface area contributed by atoms with E-state index in [4.69, 9.17) is 10.5 Å². The van der Waals surface area contributed by atoms with Crippen molar-refractivity contribution in [3.05, 3.63) is 35.9 Å². The predicted octanol–water partition coefficient (Wildman–Crippen LogP) is 1.57. The van der Waals surface area contributed by atoms with Gasteiger partial charge in [-0.3, -0.25) is 4.79 Å². The third-order valence-electron chi connectivity index (χ3n) is 3.40. The average Bonchev–Trinajstić information content (AvgIpc) is 2.86. The van der Waals surface area contributed by atoms with E-state index in [-0.39, 0.29) is 24.5 Å². The van der Waals surface area contributed by atoms with Crippen molar-refractivity contribution >= 4 is 12.0 Å². The summed E-state index contributed by atoms with van der Waals surface area (Å²) in [5.41, 5.74) is 6.22. The minimum Gasteiger partial charge on any atom is -0.445 e. The van der Waals surface area contributed by atoms with Crippen LogP contribution in [0.15, 0.2) is 30.3 Å². The number of nitrogens with one attached hydrogen (secondary N) is 1. The summed E-state index contributed by atoms with van der Waals surface area (Å²) in [5.74, 6) is -0.630. The maximum Gasteiger partial charge on any atom is 0.407 e. The summed E-state index contributed by atoms with van der Waals surface area (Å²) in [5, 5.41) is 2.72. The topological polar surface area (TPSA) is 81.4 Å². The van der Waals surface area contributed by atoms with Crippen LogP contribution in [-0.2, 0) is 16.1 Å². The zero-order valence-electron chi connectivity index (χ0n) is 10.7. The van der Waals surface area contributed by atoms with Crippen LogP contribution in [-0.4, -0.2) is 18.0 Å². The molecule has 2 atom stereocenters. The summed E-state index contributed by atoms with van der Waals surface area (Å²) >= 11 is 0. The minimum absolute atomic E-state index is 0.194. The molecular weight excluding hydrogens is 244 g/mol. The van der Waals surface area contributed by atoms with Crippen molar-refractivity contribution in [2.24, 2.45) is 11.7 Å². The highest BCUT2D eigenvalue weighted by molar-refractivity contribution is 5.79. The van der Waals surface area contributed by atoms with Gasteiger partial charge >= 0.3 is 6.09 Å². The van der Waals surface area contributed by atoms with Crippen LogP contribution < -0.4 is 11.1 Å². The van der Waals surface area contributed by atoms with Gasteiger partial charge in [0.25, 0.3) is 0 Å². The Morgan fingerprint density at radius 3 is 2.68 bits per heavy atom. The molecule has 5 nitrogen and oxygen atoms in total. The smallest absolute Gasteiger partial charge is 0.407 e. The molecule has 0 radical (unpaired) electrons. The second-order valence-corrected chi connectivity index (χ2v) is 4.75. The number of ether oxygens (including phenoxy) is 1. The number of alkyl carbamates (subject to hydrolysis) is 1. The minimum atomic E-state index is -0.498. The van der Waals surface area contributed by atoms with Gasteiger partial charge in [0, 0.05) is 6.04 Å². The lowest BCUT2D eigenvalue weighted by Gasteiger charge is -2.18. The van der Waals surface area contributed by atoms with Crippen LogP contribution in [0.2, 0.25) is 0 Å². The molecule has 1 saturated carbocycles. The molecular formula is C14H18N2O3. The van der Waals surface area contributed by atoms with Crippen LogP contribution in [0.1, 0.15) is 24.8 Å². The normalized spacial score (nSPS) is 21.9. The molecule has 1 aromatic rings. The number of amides is 2. The maximum atomic E-state index is 11.7. The molecule has 5 heteroatoms. The van der Waals surface area contributed by atoms with Crippen molar-refractivity contribution in [3.63, 3.8) is 0 Å². The van der Waals surface area contributed by atoms with Crippen LogP contribution in [0.5, 0.6) is 0 Å². The number of carbonyl (C=O) groups excluding carboxylic acids is 2. The molecule has 19 heavy (non-hydrogen) atoms. The molecule has 0 heterocycles. The number of nitrogens with two attached hydrogens (primary N) is 1. The van der Waals surface area contributed by atoms with Gasteiger partial charge in [0.2, 0.25) is 5.91 Å². The predicted molar refractivity (Wildman–Crippen MR) is 70.1 cm³/mol. The number of carbonyl (C=O) groups is 2. The lowest BCUT2D eigenvalue weighted by molar-refractivity contribution is -0.122. The Balaban J connectivity index is 1.80. The summed E-state index contributed by atoms with van der Waals surface area (Å²) in [4.78, 5) is 22.9. The summed E-state index contributed by atoms with van der Waals surface area (Å²) in [6.45, 7) is 0.223. The molecule has 0 saturated heterocycles. The Hall–Kier alpha value is -2.04. The fourth-order valence-corrected chi connectivity index (χ4v) is 2.39. The quantitative estimate of drug-likeness (QED) is 0.864. The van der Waals surface area contributed by atoms with E-state index < -0.39 is 6.09 Å². The second kappa shape index (κ2) is 6.22. The molecule has 1 aromatic carbocycles. The standard InChI is InChI=1S/C14H18N2O3/c15-13(17)11-7-4-8-12(11)16-14(18)19-9-10-5-2-1-3-6-10/h1-3,5-6,11-12H,4,7-9H2,(H2,15,17)(H,16,18)/t11-,12+/m1/s1. The third-order valence-corrected chi connectivity index (χ3v) is 3.40. The zero-order valence-corrected chi connectivity index (χ0v) is 10.7. The van der Waals surface area contributed by atoms with Crippen molar-refractivity contribution in [2.75, 3.05) is 0 Å². The first-order valence-corrected chi connectivity index (χ1v) is 6.43. The van der Waals surface area contributed by atoms with Crippen LogP contribution in [0, 0.1) is 5.92 Å². The number of rotatable bonds is 4. The Bertz CT molecular complexity index is 447. The van der Waals surface area contributed by atoms with Crippen molar-refractivity contribution in [1.29, 1.82) is 0 Å². The first-order valence-electron chi connectivity index (χ1n) is 6.43. The highest BCUT2D eigenvalue weighted by Crippen LogP contribution is 2.25. The number of hydrogen-bond acceptors (Lipinski definition) is 3. The number of primary amides is 1. The Morgan fingerprint density at radius 1 is 1.26 bits per heavy atom. The van der Waals surface area contributed by atoms with Crippen LogP contribution in [0.25, 0.3) is 0 Å². The molecule has 2 amide bonds. The van der Waals surface area contributed by atoms with Crippen LogP contribution >= 0.6 is 0 Å². The monoisotopic (exact) mass is 262 g/mol. The van der Waals surface area contributed by atoms with E-state index in [0.29, 0.717) is 0 Å². The Labute approximate surface area is 112 Å². The van der Waals surface area contributed by atoms with Gasteiger partial charge in [-0.15, -0.1) is 0 Å². The summed E-state index contributed by atoms with van der Waals surface area (Å²) in [6, 6.07) is 9.25. The van der Waals surface area contributed by atoms with Gasteiger partial charge in [0.1, 0.15) is 6.61 Å². The molecule has 102 valence electrons. The van der Waals surface area contributed by atoms with Gasteiger partial charge in [0.05, 0.1) is 5.92 Å². The molecule has 1 fully saturated rings. The van der Waals surface area contributed by atoms with Gasteiger partial charge in [-0.05, 0) is 18.4 Å². The second-order valence-electron chi connectivity index (χ2n) is 4.75. The number of benzene rings is 1. The van der Waals surface area contributed by atoms with Gasteiger partial charge in [-0.1, -0.05) is 36.8 Å². The first-order chi connectivity index (χ1) is 9.16. The van der Waals surface area contributed by atoms with Crippen LogP contribution in [0.4, 0.5) is 4.79 Å². The first kappa shape index (κ1) is 13.4. The van der Waals surface area contributed by atoms with Crippen molar-refractivity contribution in [1.82, 2.24) is 5.32 Å². The average molecular weight is 262 g/mol. The molecule has 1 aliphatic rings. The molecule has 3 N–H and O–H groups in total. The van der Waals surface area contributed by atoms with Crippen molar-refractivity contribution in [3.8, 4) is 0 Å². The largest absolute Gasteiger partial charge is 0.445 e. The molecule has 1 aliphatic carbocycles. The fourth-order valence-electron chi connectivity index (χ4n) is 2.39. The fraction of sp³-hybridized carbons (Fsp3) is 0.429. The summed E-state index contributed by atoms with van der Waals surface area (Å²) < 4.78 is 5.12. The van der Waals surface area contributed by atoms with E-state index in [0.717, 1.165) is 24.8 Å². The van der Waals surface area contributed by atoms with E-state index >= 15 is 0 Å². The van der Waals surface area contributed by atoms with Crippen LogP contribution in [0.3, 0.4) is 0 Å². The summed E-state index contributed by atoms with van der Waals surface area (Å²) in [7, 11) is 0. The molecule has 0 aromatic heterocycles. The zero-order chi connectivity index (χ0) is 13.7. The highest BCUT2D eigenvalue weighted by atomic mass is 16.5. The molecule has 0 spiro atoms. The van der Waals surface area contributed by atoms with E-state index in [1.165, 1.54) is 0 Å².